The van der Waals surface area contributed by atoms with Crippen molar-refractivity contribution in [2.24, 2.45) is 0 Å². The molecular formula is C20H19FN2O2S. The molecule has 6 heteroatoms. The standard InChI is InChI=1S/C20H19FN2O2S/c1-13-11-15(21)7-8-16(13)22-19(25)17-12-26-20(10-9-18(24)23(17)20)14-5-3-2-4-6-14/h2-8,11,17H,9-10,12H2,1H3,(H,22,25)/t17-,20+/m0/s1. The summed E-state index contributed by atoms with van der Waals surface area (Å²) in [5.41, 5.74) is 2.29. The Hall–Kier alpha value is -2.34. The fourth-order valence-corrected chi connectivity index (χ4v) is 5.47. The van der Waals surface area contributed by atoms with Gasteiger partial charge in [-0.3, -0.25) is 9.59 Å². The maximum Gasteiger partial charge on any atom is 0.248 e. The van der Waals surface area contributed by atoms with Crippen molar-refractivity contribution in [2.75, 3.05) is 11.1 Å². The predicted molar refractivity (Wildman–Crippen MR) is 100 cm³/mol. The molecule has 2 saturated heterocycles. The van der Waals surface area contributed by atoms with Gasteiger partial charge in [0.25, 0.3) is 0 Å². The molecule has 4 rings (SSSR count). The number of amides is 2. The Morgan fingerprint density at radius 3 is 2.77 bits per heavy atom. The van der Waals surface area contributed by atoms with Crippen LogP contribution in [0.2, 0.25) is 0 Å². The fourth-order valence-electron chi connectivity index (χ4n) is 3.82. The van der Waals surface area contributed by atoms with Crippen LogP contribution in [0, 0.1) is 12.7 Å². The molecule has 2 aliphatic rings. The highest BCUT2D eigenvalue weighted by Crippen LogP contribution is 2.54. The summed E-state index contributed by atoms with van der Waals surface area (Å²) in [7, 11) is 0. The first-order valence-corrected chi connectivity index (χ1v) is 9.58. The van der Waals surface area contributed by atoms with Gasteiger partial charge in [-0.05, 0) is 42.7 Å². The molecule has 0 saturated carbocycles. The van der Waals surface area contributed by atoms with Gasteiger partial charge in [-0.2, -0.15) is 0 Å². The van der Waals surface area contributed by atoms with Crippen LogP contribution in [-0.4, -0.2) is 28.5 Å². The molecule has 2 fully saturated rings. The number of nitrogens with one attached hydrogen (secondary N) is 1. The largest absolute Gasteiger partial charge is 0.324 e. The Balaban J connectivity index is 1.62. The Kier molecular flexibility index (Phi) is 4.23. The molecule has 0 aromatic heterocycles. The van der Waals surface area contributed by atoms with E-state index in [4.69, 9.17) is 0 Å². The Morgan fingerprint density at radius 1 is 1.27 bits per heavy atom. The second-order valence-corrected chi connectivity index (χ2v) is 7.99. The SMILES string of the molecule is Cc1cc(F)ccc1NC(=O)[C@@H]1CS[C@@]2(c3ccccc3)CCC(=O)N12. The van der Waals surface area contributed by atoms with Gasteiger partial charge >= 0.3 is 0 Å². The second-order valence-electron chi connectivity index (χ2n) is 6.69. The minimum Gasteiger partial charge on any atom is -0.324 e. The van der Waals surface area contributed by atoms with Gasteiger partial charge in [-0.15, -0.1) is 11.8 Å². The lowest BCUT2D eigenvalue weighted by Gasteiger charge is -2.34. The van der Waals surface area contributed by atoms with E-state index in [1.165, 1.54) is 12.1 Å². The number of aryl methyl sites for hydroxylation is 1. The van der Waals surface area contributed by atoms with Crippen LogP contribution in [0.3, 0.4) is 0 Å². The highest BCUT2D eigenvalue weighted by molar-refractivity contribution is 8.00. The molecule has 0 unspecified atom stereocenters. The lowest BCUT2D eigenvalue weighted by molar-refractivity contribution is -0.136. The number of rotatable bonds is 3. The number of carbonyl (C=O) groups is 2. The number of thioether (sulfide) groups is 1. The van der Waals surface area contributed by atoms with Crippen molar-refractivity contribution in [1.29, 1.82) is 0 Å². The number of carbonyl (C=O) groups excluding carboxylic acids is 2. The van der Waals surface area contributed by atoms with Crippen LogP contribution in [0.15, 0.2) is 48.5 Å². The van der Waals surface area contributed by atoms with Gasteiger partial charge in [-0.25, -0.2) is 4.39 Å². The lowest BCUT2D eigenvalue weighted by atomic mass is 10.0. The topological polar surface area (TPSA) is 49.4 Å². The quantitative estimate of drug-likeness (QED) is 0.897. The van der Waals surface area contributed by atoms with Crippen molar-refractivity contribution in [2.45, 2.75) is 30.7 Å². The Labute approximate surface area is 155 Å². The van der Waals surface area contributed by atoms with Crippen molar-refractivity contribution in [3.05, 3.63) is 65.5 Å². The van der Waals surface area contributed by atoms with E-state index in [1.54, 1.807) is 29.7 Å². The van der Waals surface area contributed by atoms with Crippen molar-refractivity contribution in [1.82, 2.24) is 4.90 Å². The second kappa shape index (κ2) is 6.43. The minimum absolute atomic E-state index is 0.00910. The first-order valence-electron chi connectivity index (χ1n) is 8.60. The summed E-state index contributed by atoms with van der Waals surface area (Å²) >= 11 is 1.66. The summed E-state index contributed by atoms with van der Waals surface area (Å²) in [6.07, 6.45) is 1.15. The van der Waals surface area contributed by atoms with E-state index >= 15 is 0 Å². The van der Waals surface area contributed by atoms with Crippen LogP contribution in [0.25, 0.3) is 0 Å². The van der Waals surface area contributed by atoms with Crippen molar-refractivity contribution in [3.63, 3.8) is 0 Å². The summed E-state index contributed by atoms with van der Waals surface area (Å²) in [6.45, 7) is 1.75. The van der Waals surface area contributed by atoms with E-state index < -0.39 is 10.9 Å². The van der Waals surface area contributed by atoms with E-state index in [-0.39, 0.29) is 17.6 Å². The molecule has 2 heterocycles. The molecule has 1 N–H and O–H groups in total. The van der Waals surface area contributed by atoms with Gasteiger partial charge in [0.05, 0.1) is 0 Å². The van der Waals surface area contributed by atoms with Gasteiger partial charge in [-0.1, -0.05) is 30.3 Å². The van der Waals surface area contributed by atoms with Gasteiger partial charge < -0.3 is 10.2 Å². The van der Waals surface area contributed by atoms with Gasteiger partial charge in [0.15, 0.2) is 0 Å². The summed E-state index contributed by atoms with van der Waals surface area (Å²) < 4.78 is 13.3. The molecule has 0 spiro atoms. The van der Waals surface area contributed by atoms with E-state index in [0.717, 1.165) is 5.56 Å². The highest BCUT2D eigenvalue weighted by Gasteiger charge is 2.56. The molecule has 0 aliphatic carbocycles. The number of anilines is 1. The molecule has 4 nitrogen and oxygen atoms in total. The molecule has 2 amide bonds. The van der Waals surface area contributed by atoms with Crippen LogP contribution in [0.4, 0.5) is 10.1 Å². The predicted octanol–water partition coefficient (Wildman–Crippen LogP) is 3.66. The van der Waals surface area contributed by atoms with Crippen molar-refractivity contribution >= 4 is 29.3 Å². The monoisotopic (exact) mass is 370 g/mol. The number of nitrogens with zero attached hydrogens (tertiary/aromatic N) is 1. The highest BCUT2D eigenvalue weighted by atomic mass is 32.2. The van der Waals surface area contributed by atoms with Crippen LogP contribution in [0.1, 0.15) is 24.0 Å². The molecule has 2 aromatic carbocycles. The van der Waals surface area contributed by atoms with Crippen LogP contribution in [-0.2, 0) is 14.5 Å². The van der Waals surface area contributed by atoms with Crippen molar-refractivity contribution < 1.29 is 14.0 Å². The lowest BCUT2D eigenvalue weighted by Crippen LogP contribution is -2.48. The molecule has 134 valence electrons. The van der Waals surface area contributed by atoms with Crippen molar-refractivity contribution in [3.8, 4) is 0 Å². The number of hydrogen-bond donors (Lipinski definition) is 1. The normalized spacial score (nSPS) is 24.6. The summed E-state index contributed by atoms with van der Waals surface area (Å²) in [4.78, 5) is 26.8. The third-order valence-electron chi connectivity index (χ3n) is 5.10. The zero-order chi connectivity index (χ0) is 18.3. The van der Waals surface area contributed by atoms with Gasteiger partial charge in [0.1, 0.15) is 16.7 Å². The number of fused-ring (bicyclic) bond motifs is 1. The minimum atomic E-state index is -0.528. The fraction of sp³-hybridized carbons (Fsp3) is 0.300. The Bertz CT molecular complexity index is 873. The zero-order valence-electron chi connectivity index (χ0n) is 14.4. The first-order chi connectivity index (χ1) is 12.5. The number of benzene rings is 2. The molecule has 0 radical (unpaired) electrons. The Morgan fingerprint density at radius 2 is 2.04 bits per heavy atom. The maximum absolute atomic E-state index is 13.3. The summed E-state index contributed by atoms with van der Waals surface area (Å²) in [5.74, 6) is -0.00276. The average molecular weight is 370 g/mol. The van der Waals surface area contributed by atoms with E-state index in [9.17, 15) is 14.0 Å². The number of hydrogen-bond acceptors (Lipinski definition) is 3. The first kappa shape index (κ1) is 17.1. The average Bonchev–Trinajstić information content (AvgIpc) is 3.18. The molecule has 2 aliphatic heterocycles. The van der Waals surface area contributed by atoms with E-state index in [0.29, 0.717) is 29.8 Å². The van der Waals surface area contributed by atoms with Gasteiger partial charge in [0.2, 0.25) is 11.8 Å². The van der Waals surface area contributed by atoms with Crippen LogP contribution < -0.4 is 5.32 Å². The third-order valence-corrected chi connectivity index (χ3v) is 6.70. The van der Waals surface area contributed by atoms with E-state index in [2.05, 4.69) is 5.32 Å². The maximum atomic E-state index is 13.3. The zero-order valence-corrected chi connectivity index (χ0v) is 15.2. The molecule has 0 bridgehead atoms. The van der Waals surface area contributed by atoms with Gasteiger partial charge in [0, 0.05) is 17.9 Å². The van der Waals surface area contributed by atoms with Crippen LogP contribution >= 0.6 is 11.8 Å². The molecule has 2 atom stereocenters. The smallest absolute Gasteiger partial charge is 0.248 e. The van der Waals surface area contributed by atoms with E-state index in [1.807, 2.05) is 30.3 Å². The molecule has 26 heavy (non-hydrogen) atoms. The van der Waals surface area contributed by atoms with Crippen LogP contribution in [0.5, 0.6) is 0 Å². The summed E-state index contributed by atoms with van der Waals surface area (Å²) in [6, 6.07) is 13.6. The molecule has 2 aromatic rings. The number of halogens is 1. The third kappa shape index (κ3) is 2.69. The molecular weight excluding hydrogens is 351 g/mol. The summed E-state index contributed by atoms with van der Waals surface area (Å²) in [5, 5.41) is 2.87.